The van der Waals surface area contributed by atoms with Crippen LogP contribution in [-0.4, -0.2) is 17.0 Å². The van der Waals surface area contributed by atoms with Crippen LogP contribution in [0.5, 0.6) is 0 Å². The van der Waals surface area contributed by atoms with Crippen molar-refractivity contribution in [3.63, 3.8) is 0 Å². The number of rotatable bonds is 5. The maximum atomic E-state index is 12.1. The fourth-order valence-electron chi connectivity index (χ4n) is 4.39. The normalized spacial score (nSPS) is 24.8. The van der Waals surface area contributed by atoms with Crippen LogP contribution in [0.1, 0.15) is 56.8 Å². The molecule has 0 spiro atoms. The van der Waals surface area contributed by atoms with E-state index in [2.05, 4.69) is 19.0 Å². The predicted octanol–water partition coefficient (Wildman–Crippen LogP) is 6.05. The lowest BCUT2D eigenvalue weighted by molar-refractivity contribution is -0.130. The number of carbonyl (C=O) groups is 1. The van der Waals surface area contributed by atoms with Crippen molar-refractivity contribution in [2.75, 3.05) is 0 Å². The minimum absolute atomic E-state index is 0.102. The summed E-state index contributed by atoms with van der Waals surface area (Å²) < 4.78 is 11.9. The van der Waals surface area contributed by atoms with Crippen LogP contribution in [0, 0.1) is 11.8 Å². The fourth-order valence-corrected chi connectivity index (χ4v) is 4.97. The van der Waals surface area contributed by atoms with E-state index in [1.165, 1.54) is 0 Å². The Kier molecular flexibility index (Phi) is 5.32. The molecule has 1 aromatic heterocycles. The third-order valence-corrected chi connectivity index (χ3v) is 6.40. The molecule has 1 heterocycles. The van der Waals surface area contributed by atoms with E-state index in [0.717, 1.165) is 37.0 Å². The van der Waals surface area contributed by atoms with Crippen molar-refractivity contribution in [2.24, 2.45) is 11.8 Å². The van der Waals surface area contributed by atoms with Gasteiger partial charge in [-0.3, -0.25) is 4.79 Å². The van der Waals surface area contributed by atoms with Crippen molar-refractivity contribution >= 4 is 29.0 Å². The van der Waals surface area contributed by atoms with Crippen molar-refractivity contribution in [1.29, 1.82) is 0 Å². The number of hydrogen-bond donors (Lipinski definition) is 0. The first-order valence-corrected chi connectivity index (χ1v) is 10.3. The highest BCUT2D eigenvalue weighted by Gasteiger charge is 2.42. The second kappa shape index (κ2) is 7.57. The summed E-state index contributed by atoms with van der Waals surface area (Å²) in [5.41, 5.74) is 2.21. The Morgan fingerprint density at radius 2 is 1.81 bits per heavy atom. The number of carbonyl (C=O) groups excluding carboxylic acids is 1. The molecule has 0 radical (unpaired) electrons. The van der Waals surface area contributed by atoms with E-state index < -0.39 is 0 Å². The second-order valence-corrected chi connectivity index (χ2v) is 8.72. The summed E-state index contributed by atoms with van der Waals surface area (Å²) in [7, 11) is 0. The van der Waals surface area contributed by atoms with Crippen LogP contribution in [0.3, 0.4) is 0 Å². The zero-order valence-corrected chi connectivity index (χ0v) is 17.0. The number of fused-ring (bicyclic) bond motifs is 2. The molecule has 6 heteroatoms. The number of ether oxygens (including phenoxy) is 1. The van der Waals surface area contributed by atoms with Crippen LogP contribution >= 0.6 is 23.2 Å². The highest BCUT2D eigenvalue weighted by atomic mass is 35.5. The minimum atomic E-state index is 0.102. The van der Waals surface area contributed by atoms with Crippen molar-refractivity contribution < 1.29 is 14.1 Å². The maximum Gasteiger partial charge on any atom is 0.145 e. The molecule has 144 valence electrons. The molecule has 2 aliphatic rings. The van der Waals surface area contributed by atoms with Crippen molar-refractivity contribution in [1.82, 2.24) is 5.16 Å². The van der Waals surface area contributed by atoms with E-state index in [4.69, 9.17) is 32.5 Å². The predicted molar refractivity (Wildman–Crippen MR) is 105 cm³/mol. The third-order valence-electron chi connectivity index (χ3n) is 5.77. The van der Waals surface area contributed by atoms with Crippen LogP contribution < -0.4 is 0 Å². The topological polar surface area (TPSA) is 52.3 Å². The van der Waals surface area contributed by atoms with Crippen LogP contribution in [0.4, 0.5) is 0 Å². The summed E-state index contributed by atoms with van der Waals surface area (Å²) in [4.78, 5) is 12.1. The van der Waals surface area contributed by atoms with Gasteiger partial charge in [-0.1, -0.05) is 48.3 Å². The Morgan fingerprint density at radius 3 is 2.41 bits per heavy atom. The van der Waals surface area contributed by atoms with Gasteiger partial charge in [-0.25, -0.2) is 0 Å². The molecule has 2 aliphatic carbocycles. The molecule has 2 fully saturated rings. The van der Waals surface area contributed by atoms with Gasteiger partial charge in [-0.05, 0) is 37.8 Å². The van der Waals surface area contributed by atoms with Crippen molar-refractivity contribution in [2.45, 2.75) is 58.2 Å². The molecular formula is C21H23Cl2NO3. The van der Waals surface area contributed by atoms with Crippen LogP contribution in [0.25, 0.3) is 11.3 Å². The molecule has 0 aliphatic heterocycles. The van der Waals surface area contributed by atoms with Gasteiger partial charge >= 0.3 is 0 Å². The average molecular weight is 408 g/mol. The van der Waals surface area contributed by atoms with Crippen molar-refractivity contribution in [3.05, 3.63) is 39.6 Å². The van der Waals surface area contributed by atoms with E-state index in [1.807, 2.05) is 6.07 Å². The van der Waals surface area contributed by atoms with Gasteiger partial charge in [0, 0.05) is 28.9 Å². The summed E-state index contributed by atoms with van der Waals surface area (Å²) in [6.45, 7) is 4.50. The number of halogens is 2. The van der Waals surface area contributed by atoms with Gasteiger partial charge in [-0.2, -0.15) is 0 Å². The van der Waals surface area contributed by atoms with Gasteiger partial charge in [0.25, 0.3) is 0 Å². The molecule has 27 heavy (non-hydrogen) atoms. The third kappa shape index (κ3) is 3.55. The first-order chi connectivity index (χ1) is 13.0. The Labute approximate surface area is 169 Å². The van der Waals surface area contributed by atoms with Crippen molar-refractivity contribution in [3.8, 4) is 11.3 Å². The second-order valence-electron chi connectivity index (χ2n) is 7.90. The van der Waals surface area contributed by atoms with Gasteiger partial charge in [0.2, 0.25) is 0 Å². The number of benzene rings is 1. The van der Waals surface area contributed by atoms with Gasteiger partial charge in [0.15, 0.2) is 0 Å². The first-order valence-electron chi connectivity index (χ1n) is 9.53. The van der Waals surface area contributed by atoms with E-state index in [-0.39, 0.29) is 23.9 Å². The maximum absolute atomic E-state index is 12.1. The van der Waals surface area contributed by atoms with E-state index in [1.54, 1.807) is 12.1 Å². The molecule has 0 unspecified atom stereocenters. The Balaban J connectivity index is 1.60. The number of hydrogen-bond acceptors (Lipinski definition) is 4. The largest absolute Gasteiger partial charge is 0.373 e. The molecular weight excluding hydrogens is 385 g/mol. The number of ketones is 1. The summed E-state index contributed by atoms with van der Waals surface area (Å²) in [6.07, 6.45) is 3.76. The summed E-state index contributed by atoms with van der Waals surface area (Å²) in [5.74, 6) is 1.74. The first kappa shape index (κ1) is 19.0. The smallest absolute Gasteiger partial charge is 0.145 e. The molecule has 0 saturated heterocycles. The lowest BCUT2D eigenvalue weighted by atomic mass is 9.86. The lowest BCUT2D eigenvalue weighted by Crippen LogP contribution is -2.31. The van der Waals surface area contributed by atoms with Gasteiger partial charge in [0.1, 0.15) is 17.2 Å². The number of nitrogens with zero attached hydrogens (tertiary/aromatic N) is 1. The number of aromatic nitrogens is 1. The Morgan fingerprint density at radius 1 is 1.19 bits per heavy atom. The molecule has 4 rings (SSSR count). The molecule has 1 aromatic carbocycles. The zero-order valence-electron chi connectivity index (χ0n) is 15.5. The number of Topliss-reactive ketones (excluding diaryl/α,β-unsaturated/α-hetero) is 1. The molecule has 2 bridgehead atoms. The van der Waals surface area contributed by atoms with Crippen LogP contribution in [-0.2, 0) is 16.1 Å². The van der Waals surface area contributed by atoms with E-state index in [0.29, 0.717) is 33.7 Å². The molecule has 2 saturated carbocycles. The standard InChI is InChI=1S/C21H23Cl2NO3/c1-11(2)21-15(10-26-14-8-12-6-7-13(9-14)20(12)25)19(24-27-21)18-16(22)4-3-5-17(18)23/h3-5,11-14H,6-10H2,1-2H3/t12-,13+,14+. The quantitative estimate of drug-likeness (QED) is 0.605. The highest BCUT2D eigenvalue weighted by Crippen LogP contribution is 2.42. The molecule has 3 atom stereocenters. The average Bonchev–Trinajstić information content (AvgIpc) is 3.10. The van der Waals surface area contributed by atoms with Crippen LogP contribution in [0.15, 0.2) is 22.7 Å². The molecule has 4 nitrogen and oxygen atoms in total. The highest BCUT2D eigenvalue weighted by molar-refractivity contribution is 6.39. The monoisotopic (exact) mass is 407 g/mol. The van der Waals surface area contributed by atoms with E-state index >= 15 is 0 Å². The zero-order chi connectivity index (χ0) is 19.1. The van der Waals surface area contributed by atoms with E-state index in [9.17, 15) is 4.79 Å². The van der Waals surface area contributed by atoms with Gasteiger partial charge < -0.3 is 9.26 Å². The fraction of sp³-hybridized carbons (Fsp3) is 0.524. The van der Waals surface area contributed by atoms with Gasteiger partial charge in [-0.15, -0.1) is 0 Å². The Bertz CT molecular complexity index is 825. The molecule has 0 N–H and O–H groups in total. The summed E-state index contributed by atoms with van der Waals surface area (Å²) in [6, 6.07) is 5.39. The van der Waals surface area contributed by atoms with Gasteiger partial charge in [0.05, 0.1) is 22.8 Å². The molecule has 2 aromatic rings. The Hall–Kier alpha value is -1.36. The lowest BCUT2D eigenvalue weighted by Gasteiger charge is -2.27. The van der Waals surface area contributed by atoms with Crippen LogP contribution in [0.2, 0.25) is 10.0 Å². The summed E-state index contributed by atoms with van der Waals surface area (Å²) >= 11 is 12.8. The summed E-state index contributed by atoms with van der Waals surface area (Å²) in [5, 5.41) is 5.34. The SMILES string of the molecule is CC(C)c1onc(-c2c(Cl)cccc2Cl)c1CO[C@H]1C[C@H]2CC[C@@H](C1)C2=O. The molecule has 0 amide bonds. The minimum Gasteiger partial charge on any atom is -0.373 e.